The molecule has 1 unspecified atom stereocenters. The van der Waals surface area contributed by atoms with E-state index in [0.717, 1.165) is 5.56 Å². The van der Waals surface area contributed by atoms with E-state index in [1.165, 1.54) is 11.1 Å². The Bertz CT molecular complexity index is 762. The van der Waals surface area contributed by atoms with E-state index in [0.29, 0.717) is 24.9 Å². The molecule has 3 rings (SSSR count). The van der Waals surface area contributed by atoms with E-state index in [-0.39, 0.29) is 24.1 Å². The maximum atomic E-state index is 12.8. The lowest BCUT2D eigenvalue weighted by Crippen LogP contribution is -2.49. The average Bonchev–Trinajstić information content (AvgIpc) is 3.08. The van der Waals surface area contributed by atoms with E-state index in [9.17, 15) is 14.4 Å². The molecule has 0 spiro atoms. The number of nitrogens with one attached hydrogen (secondary N) is 1. The van der Waals surface area contributed by atoms with Crippen molar-refractivity contribution in [2.45, 2.75) is 18.9 Å². The molecule has 6 heteroatoms. The fourth-order valence-corrected chi connectivity index (χ4v) is 2.83. The van der Waals surface area contributed by atoms with Crippen LogP contribution in [0, 0.1) is 0 Å². The number of ketones is 1. The van der Waals surface area contributed by atoms with E-state index < -0.39 is 6.04 Å². The molecule has 6 nitrogen and oxygen atoms in total. The molecule has 128 valence electrons. The van der Waals surface area contributed by atoms with E-state index in [1.807, 2.05) is 30.3 Å². The summed E-state index contributed by atoms with van der Waals surface area (Å²) < 4.78 is 0. The summed E-state index contributed by atoms with van der Waals surface area (Å²) in [5.74, 6) is -0.537. The van der Waals surface area contributed by atoms with Gasteiger partial charge in [0.1, 0.15) is 6.04 Å². The Balaban J connectivity index is 1.77. The largest absolute Gasteiger partial charge is 0.340 e. The maximum Gasteiger partial charge on any atom is 0.253 e. The monoisotopic (exact) mass is 337 g/mol. The molecule has 2 aromatic rings. The van der Waals surface area contributed by atoms with Gasteiger partial charge in [-0.05, 0) is 17.7 Å². The number of Topliss-reactive ketones (excluding diaryl/α,β-unsaturated/α-hetero) is 1. The zero-order valence-corrected chi connectivity index (χ0v) is 13.7. The molecule has 2 amide bonds. The first-order valence-corrected chi connectivity index (χ1v) is 8.19. The Morgan fingerprint density at radius 3 is 2.60 bits per heavy atom. The van der Waals surface area contributed by atoms with Gasteiger partial charge in [0.05, 0.1) is 12.1 Å². The van der Waals surface area contributed by atoms with Gasteiger partial charge in [-0.25, -0.2) is 0 Å². The van der Waals surface area contributed by atoms with Gasteiger partial charge in [0.25, 0.3) is 5.91 Å². The number of amides is 2. The van der Waals surface area contributed by atoms with Gasteiger partial charge in [0.15, 0.2) is 5.78 Å². The van der Waals surface area contributed by atoms with Crippen LogP contribution in [0.25, 0.3) is 0 Å². The summed E-state index contributed by atoms with van der Waals surface area (Å²) in [5.41, 5.74) is 1.34. The number of nitrogens with zero attached hydrogens (tertiary/aromatic N) is 2. The summed E-state index contributed by atoms with van der Waals surface area (Å²) in [6.45, 7) is 0.526. The van der Waals surface area contributed by atoms with Crippen molar-refractivity contribution in [2.75, 3.05) is 13.1 Å². The Labute approximate surface area is 145 Å². The smallest absolute Gasteiger partial charge is 0.253 e. The Morgan fingerprint density at radius 1 is 1.16 bits per heavy atom. The molecule has 1 aromatic carbocycles. The number of carbonyl (C=O) groups excluding carboxylic acids is 3. The highest BCUT2D eigenvalue weighted by atomic mass is 16.2. The van der Waals surface area contributed by atoms with E-state index in [2.05, 4.69) is 10.3 Å². The molecule has 1 fully saturated rings. The van der Waals surface area contributed by atoms with Gasteiger partial charge in [-0.1, -0.05) is 30.3 Å². The molecule has 1 aliphatic rings. The second-order valence-electron chi connectivity index (χ2n) is 6.01. The van der Waals surface area contributed by atoms with Gasteiger partial charge in [-0.3, -0.25) is 19.4 Å². The summed E-state index contributed by atoms with van der Waals surface area (Å²) in [6.07, 6.45) is 3.79. The molecule has 0 aliphatic carbocycles. The standard InChI is InChI=1S/C19H19N3O3/c23-16-8-10-22(13-16)19(25)17(11-14-5-2-1-3-6-14)21-18(24)15-7-4-9-20-12-15/h1-7,9,12,17H,8,10-11,13H2,(H,21,24). The van der Waals surface area contributed by atoms with Crippen LogP contribution < -0.4 is 5.32 Å². The molecule has 1 aliphatic heterocycles. The highest BCUT2D eigenvalue weighted by Crippen LogP contribution is 2.11. The van der Waals surface area contributed by atoms with Crippen LogP contribution in [-0.4, -0.2) is 46.6 Å². The maximum absolute atomic E-state index is 12.8. The van der Waals surface area contributed by atoms with Crippen LogP contribution in [0.15, 0.2) is 54.9 Å². The third-order valence-corrected chi connectivity index (χ3v) is 4.15. The number of likely N-dealkylation sites (tertiary alicyclic amines) is 1. The van der Waals surface area contributed by atoms with Crippen molar-refractivity contribution in [1.29, 1.82) is 0 Å². The van der Waals surface area contributed by atoms with Crippen molar-refractivity contribution in [3.05, 3.63) is 66.0 Å². The van der Waals surface area contributed by atoms with Gasteiger partial charge >= 0.3 is 0 Å². The third-order valence-electron chi connectivity index (χ3n) is 4.15. The number of benzene rings is 1. The highest BCUT2D eigenvalue weighted by molar-refractivity contribution is 5.98. The Morgan fingerprint density at radius 2 is 1.96 bits per heavy atom. The fraction of sp³-hybridized carbons (Fsp3) is 0.263. The van der Waals surface area contributed by atoms with Crippen molar-refractivity contribution < 1.29 is 14.4 Å². The number of aromatic nitrogens is 1. The molecular weight excluding hydrogens is 318 g/mol. The quantitative estimate of drug-likeness (QED) is 0.890. The average molecular weight is 337 g/mol. The lowest BCUT2D eigenvalue weighted by Gasteiger charge is -2.23. The fourth-order valence-electron chi connectivity index (χ4n) is 2.83. The van der Waals surface area contributed by atoms with Gasteiger partial charge in [-0.2, -0.15) is 0 Å². The van der Waals surface area contributed by atoms with Crippen LogP contribution in [0.4, 0.5) is 0 Å². The molecule has 1 atom stereocenters. The summed E-state index contributed by atoms with van der Waals surface area (Å²) in [5, 5.41) is 2.79. The van der Waals surface area contributed by atoms with Crippen LogP contribution in [0.2, 0.25) is 0 Å². The number of hydrogen-bond acceptors (Lipinski definition) is 4. The second kappa shape index (κ2) is 7.70. The molecular formula is C19H19N3O3. The van der Waals surface area contributed by atoms with Crippen molar-refractivity contribution in [1.82, 2.24) is 15.2 Å². The van der Waals surface area contributed by atoms with Gasteiger partial charge in [-0.15, -0.1) is 0 Å². The van der Waals surface area contributed by atoms with Crippen molar-refractivity contribution >= 4 is 17.6 Å². The third kappa shape index (κ3) is 4.29. The first-order chi connectivity index (χ1) is 12.1. The minimum absolute atomic E-state index is 0.0467. The van der Waals surface area contributed by atoms with Gasteiger partial charge < -0.3 is 10.2 Å². The number of hydrogen-bond donors (Lipinski definition) is 1. The summed E-state index contributed by atoms with van der Waals surface area (Å²) in [4.78, 5) is 42.2. The van der Waals surface area contributed by atoms with Crippen molar-refractivity contribution in [3.63, 3.8) is 0 Å². The molecule has 1 N–H and O–H groups in total. The van der Waals surface area contributed by atoms with Gasteiger partial charge in [0, 0.05) is 31.8 Å². The molecule has 0 bridgehead atoms. The summed E-state index contributed by atoms with van der Waals surface area (Å²) in [7, 11) is 0. The first kappa shape index (κ1) is 16.8. The molecule has 25 heavy (non-hydrogen) atoms. The number of rotatable bonds is 5. The lowest BCUT2D eigenvalue weighted by atomic mass is 10.0. The minimum Gasteiger partial charge on any atom is -0.340 e. The second-order valence-corrected chi connectivity index (χ2v) is 6.01. The van der Waals surface area contributed by atoms with Gasteiger partial charge in [0.2, 0.25) is 5.91 Å². The zero-order chi connectivity index (χ0) is 17.6. The SMILES string of the molecule is O=C1CCN(C(=O)C(Cc2ccccc2)NC(=O)c2cccnc2)C1. The summed E-state index contributed by atoms with van der Waals surface area (Å²) >= 11 is 0. The van der Waals surface area contributed by atoms with Crippen molar-refractivity contribution in [3.8, 4) is 0 Å². The molecule has 0 saturated carbocycles. The Kier molecular flexibility index (Phi) is 5.18. The normalized spacial score (nSPS) is 15.0. The van der Waals surface area contributed by atoms with E-state index in [4.69, 9.17) is 0 Å². The predicted molar refractivity (Wildman–Crippen MR) is 91.8 cm³/mol. The van der Waals surface area contributed by atoms with Crippen LogP contribution in [0.3, 0.4) is 0 Å². The topological polar surface area (TPSA) is 79.4 Å². The molecule has 1 aromatic heterocycles. The number of carbonyl (C=O) groups is 3. The number of pyridine rings is 1. The van der Waals surface area contributed by atoms with E-state index >= 15 is 0 Å². The Hall–Kier alpha value is -3.02. The van der Waals surface area contributed by atoms with Crippen LogP contribution in [0.5, 0.6) is 0 Å². The van der Waals surface area contributed by atoms with Crippen LogP contribution >= 0.6 is 0 Å². The first-order valence-electron chi connectivity index (χ1n) is 8.19. The zero-order valence-electron chi connectivity index (χ0n) is 13.7. The lowest BCUT2D eigenvalue weighted by molar-refractivity contribution is -0.133. The minimum atomic E-state index is -0.721. The highest BCUT2D eigenvalue weighted by Gasteiger charge is 2.31. The molecule has 1 saturated heterocycles. The molecule has 2 heterocycles. The summed E-state index contributed by atoms with van der Waals surface area (Å²) in [6, 6.07) is 12.1. The van der Waals surface area contributed by atoms with Crippen LogP contribution in [-0.2, 0) is 16.0 Å². The van der Waals surface area contributed by atoms with E-state index in [1.54, 1.807) is 18.3 Å². The predicted octanol–water partition coefficient (Wildman–Crippen LogP) is 1.22. The van der Waals surface area contributed by atoms with Crippen LogP contribution in [0.1, 0.15) is 22.3 Å². The van der Waals surface area contributed by atoms with Crippen molar-refractivity contribution in [2.24, 2.45) is 0 Å². The molecule has 0 radical (unpaired) electrons.